The zero-order valence-electron chi connectivity index (χ0n) is 17.1. The summed E-state index contributed by atoms with van der Waals surface area (Å²) in [5, 5.41) is 7.02. The molecular weight excluding hydrogens is 372 g/mol. The van der Waals surface area contributed by atoms with Gasteiger partial charge in [0.1, 0.15) is 11.5 Å². The standard InChI is InChI=1S/C21H26N4O4/c1-5-28-15-9-7-6-8-13(15)23-19(26)18-12(2)17-14(24-25-20(22)27)10-21(3,4)11-16(17)29-18/h6-9H,5,10-11H2,1-4H3,(H,23,26)(H3,22,25,27)/b24-14-. The average molecular weight is 398 g/mol. The fourth-order valence-electron chi connectivity index (χ4n) is 3.58. The van der Waals surface area contributed by atoms with E-state index < -0.39 is 6.03 Å². The van der Waals surface area contributed by atoms with Gasteiger partial charge in [0.25, 0.3) is 5.91 Å². The highest BCUT2D eigenvalue weighted by Crippen LogP contribution is 2.39. The summed E-state index contributed by atoms with van der Waals surface area (Å²) in [6, 6.07) is 6.49. The maximum absolute atomic E-state index is 13.0. The Morgan fingerprint density at radius 2 is 2.00 bits per heavy atom. The lowest BCUT2D eigenvalue weighted by atomic mass is 9.75. The summed E-state index contributed by atoms with van der Waals surface area (Å²) < 4.78 is 11.5. The summed E-state index contributed by atoms with van der Waals surface area (Å²) in [5.41, 5.74) is 9.95. The summed E-state index contributed by atoms with van der Waals surface area (Å²) in [7, 11) is 0. The van der Waals surface area contributed by atoms with Crippen LogP contribution in [0.25, 0.3) is 0 Å². The van der Waals surface area contributed by atoms with Gasteiger partial charge in [-0.1, -0.05) is 26.0 Å². The third kappa shape index (κ3) is 4.42. The van der Waals surface area contributed by atoms with Gasteiger partial charge >= 0.3 is 6.03 Å². The number of urea groups is 1. The molecule has 1 aromatic carbocycles. The van der Waals surface area contributed by atoms with Crippen LogP contribution in [0, 0.1) is 12.3 Å². The van der Waals surface area contributed by atoms with Gasteiger partial charge in [-0.05, 0) is 37.8 Å². The molecule has 2 aromatic rings. The minimum absolute atomic E-state index is 0.134. The van der Waals surface area contributed by atoms with E-state index in [1.54, 1.807) is 12.1 Å². The van der Waals surface area contributed by atoms with Crippen LogP contribution in [0.15, 0.2) is 33.8 Å². The first kappa shape index (κ1) is 20.4. The Hall–Kier alpha value is -3.29. The van der Waals surface area contributed by atoms with E-state index in [0.29, 0.717) is 47.9 Å². The molecular formula is C21H26N4O4. The van der Waals surface area contributed by atoms with Crippen molar-refractivity contribution in [1.29, 1.82) is 0 Å². The van der Waals surface area contributed by atoms with Crippen molar-refractivity contribution in [3.05, 3.63) is 46.9 Å². The molecule has 0 unspecified atom stereocenters. The summed E-state index contributed by atoms with van der Waals surface area (Å²) in [4.78, 5) is 24.1. The number of benzene rings is 1. The molecule has 3 amide bonds. The zero-order chi connectivity index (χ0) is 21.2. The van der Waals surface area contributed by atoms with Gasteiger partial charge in [0.2, 0.25) is 0 Å². The Bertz CT molecular complexity index is 975. The van der Waals surface area contributed by atoms with E-state index in [2.05, 4.69) is 29.7 Å². The first-order valence-electron chi connectivity index (χ1n) is 9.49. The normalized spacial score (nSPS) is 16.2. The van der Waals surface area contributed by atoms with Crippen LogP contribution >= 0.6 is 0 Å². The molecule has 29 heavy (non-hydrogen) atoms. The van der Waals surface area contributed by atoms with Crippen molar-refractivity contribution in [2.45, 2.75) is 40.5 Å². The van der Waals surface area contributed by atoms with Crippen LogP contribution in [0.5, 0.6) is 5.75 Å². The second-order valence-corrected chi connectivity index (χ2v) is 7.79. The number of fused-ring (bicyclic) bond motifs is 1. The predicted octanol–water partition coefficient (Wildman–Crippen LogP) is 3.58. The van der Waals surface area contributed by atoms with Gasteiger partial charge in [-0.25, -0.2) is 10.2 Å². The van der Waals surface area contributed by atoms with Crippen molar-refractivity contribution in [3.8, 4) is 5.75 Å². The number of para-hydroxylation sites is 2. The van der Waals surface area contributed by atoms with Crippen molar-refractivity contribution in [2.24, 2.45) is 16.3 Å². The van der Waals surface area contributed by atoms with Crippen LogP contribution in [0.4, 0.5) is 10.5 Å². The van der Waals surface area contributed by atoms with Crippen LogP contribution in [0.2, 0.25) is 0 Å². The van der Waals surface area contributed by atoms with E-state index in [1.165, 1.54) is 0 Å². The minimum Gasteiger partial charge on any atom is -0.492 e. The summed E-state index contributed by atoms with van der Waals surface area (Å²) in [6.07, 6.45) is 1.27. The van der Waals surface area contributed by atoms with Crippen LogP contribution < -0.4 is 21.2 Å². The Morgan fingerprint density at radius 3 is 2.69 bits per heavy atom. The smallest absolute Gasteiger partial charge is 0.332 e. The van der Waals surface area contributed by atoms with Crippen molar-refractivity contribution >= 4 is 23.3 Å². The molecule has 0 aliphatic heterocycles. The number of ether oxygens (including phenoxy) is 1. The van der Waals surface area contributed by atoms with Crippen molar-refractivity contribution in [2.75, 3.05) is 11.9 Å². The van der Waals surface area contributed by atoms with Gasteiger partial charge in [-0.15, -0.1) is 0 Å². The molecule has 1 aliphatic rings. The molecule has 1 heterocycles. The van der Waals surface area contributed by atoms with E-state index >= 15 is 0 Å². The number of nitrogens with zero attached hydrogens (tertiary/aromatic N) is 1. The highest BCUT2D eigenvalue weighted by Gasteiger charge is 2.36. The molecule has 8 nitrogen and oxygen atoms in total. The van der Waals surface area contributed by atoms with Crippen LogP contribution in [-0.4, -0.2) is 24.3 Å². The highest BCUT2D eigenvalue weighted by molar-refractivity contribution is 6.09. The lowest BCUT2D eigenvalue weighted by molar-refractivity contribution is 0.0992. The van der Waals surface area contributed by atoms with Gasteiger partial charge in [-0.3, -0.25) is 4.79 Å². The fraction of sp³-hybridized carbons (Fsp3) is 0.381. The van der Waals surface area contributed by atoms with E-state index in [1.807, 2.05) is 26.0 Å². The number of hydrazone groups is 1. The van der Waals surface area contributed by atoms with Crippen LogP contribution in [0.1, 0.15) is 54.6 Å². The number of furan rings is 1. The molecule has 0 saturated carbocycles. The topological polar surface area (TPSA) is 119 Å². The molecule has 8 heteroatoms. The number of nitrogens with two attached hydrogens (primary N) is 1. The van der Waals surface area contributed by atoms with Crippen molar-refractivity contribution in [3.63, 3.8) is 0 Å². The lowest BCUT2D eigenvalue weighted by Gasteiger charge is -2.29. The second kappa shape index (κ2) is 7.98. The fourth-order valence-corrected chi connectivity index (χ4v) is 3.58. The first-order chi connectivity index (χ1) is 13.7. The number of anilines is 1. The van der Waals surface area contributed by atoms with E-state index in [9.17, 15) is 9.59 Å². The van der Waals surface area contributed by atoms with Crippen LogP contribution in [-0.2, 0) is 6.42 Å². The molecule has 0 fully saturated rings. The van der Waals surface area contributed by atoms with E-state index in [4.69, 9.17) is 14.9 Å². The van der Waals surface area contributed by atoms with Gasteiger partial charge in [0, 0.05) is 17.5 Å². The first-order valence-corrected chi connectivity index (χ1v) is 9.49. The second-order valence-electron chi connectivity index (χ2n) is 7.79. The number of amides is 3. The largest absolute Gasteiger partial charge is 0.492 e. The van der Waals surface area contributed by atoms with Gasteiger partial charge in [-0.2, -0.15) is 5.10 Å². The number of hydrogen-bond donors (Lipinski definition) is 3. The third-order valence-electron chi connectivity index (χ3n) is 4.74. The van der Waals surface area contributed by atoms with Crippen molar-refractivity contribution < 1.29 is 18.7 Å². The molecule has 3 rings (SSSR count). The molecule has 1 aromatic heterocycles. The lowest BCUT2D eigenvalue weighted by Crippen LogP contribution is -2.31. The number of rotatable bonds is 5. The summed E-state index contributed by atoms with van der Waals surface area (Å²) in [5.74, 6) is 1.10. The summed E-state index contributed by atoms with van der Waals surface area (Å²) in [6.45, 7) is 8.33. The number of primary amides is 1. The monoisotopic (exact) mass is 398 g/mol. The molecule has 1 aliphatic carbocycles. The number of carbonyl (C=O) groups excluding carboxylic acids is 2. The molecule has 0 bridgehead atoms. The maximum atomic E-state index is 13.0. The average Bonchev–Trinajstić information content (AvgIpc) is 2.96. The zero-order valence-corrected chi connectivity index (χ0v) is 17.1. The van der Waals surface area contributed by atoms with Crippen molar-refractivity contribution in [1.82, 2.24) is 5.43 Å². The minimum atomic E-state index is -0.742. The molecule has 0 atom stereocenters. The summed E-state index contributed by atoms with van der Waals surface area (Å²) >= 11 is 0. The van der Waals surface area contributed by atoms with Gasteiger partial charge < -0.3 is 20.2 Å². The molecule has 0 spiro atoms. The molecule has 154 valence electrons. The number of carbonyl (C=O) groups is 2. The molecule has 4 N–H and O–H groups in total. The Kier molecular flexibility index (Phi) is 5.63. The quantitative estimate of drug-likeness (QED) is 0.667. The Morgan fingerprint density at radius 1 is 1.28 bits per heavy atom. The molecule has 0 saturated heterocycles. The Balaban J connectivity index is 1.96. The van der Waals surface area contributed by atoms with E-state index in [-0.39, 0.29) is 17.1 Å². The highest BCUT2D eigenvalue weighted by atomic mass is 16.5. The molecule has 0 radical (unpaired) electrons. The van der Waals surface area contributed by atoms with Crippen LogP contribution in [0.3, 0.4) is 0 Å². The Labute approximate surface area is 169 Å². The maximum Gasteiger partial charge on any atom is 0.332 e. The van der Waals surface area contributed by atoms with Gasteiger partial charge in [0.15, 0.2) is 5.76 Å². The van der Waals surface area contributed by atoms with Gasteiger partial charge in [0.05, 0.1) is 18.0 Å². The third-order valence-corrected chi connectivity index (χ3v) is 4.74. The predicted molar refractivity (Wildman–Crippen MR) is 110 cm³/mol. The number of hydrogen-bond acceptors (Lipinski definition) is 5. The number of nitrogens with one attached hydrogen (secondary N) is 2. The SMILES string of the molecule is CCOc1ccccc1NC(=O)c1oc2c(c1C)/C(=N\NC(N)=O)CC(C)(C)C2. The van der Waals surface area contributed by atoms with E-state index in [0.717, 1.165) is 5.56 Å².